The molecule has 0 saturated heterocycles. The summed E-state index contributed by atoms with van der Waals surface area (Å²) in [5.74, 6) is -0.803. The van der Waals surface area contributed by atoms with Crippen LogP contribution in [0.15, 0.2) is 18.2 Å². The van der Waals surface area contributed by atoms with E-state index >= 15 is 0 Å². The van der Waals surface area contributed by atoms with Gasteiger partial charge in [0.25, 0.3) is 10.9 Å². The maximum atomic E-state index is 14.7. The molecular weight excluding hydrogens is 317 g/mol. The zero-order valence-electron chi connectivity index (χ0n) is 14.4. The molecule has 0 saturated carbocycles. The third kappa shape index (κ3) is 4.38. The highest BCUT2D eigenvalue weighted by Gasteiger charge is 2.44. The van der Waals surface area contributed by atoms with Gasteiger partial charge in [-0.15, -0.1) is 0 Å². The molecule has 0 bridgehead atoms. The van der Waals surface area contributed by atoms with Gasteiger partial charge in [0.15, 0.2) is 0 Å². The SMILES string of the molecule is CCCC(F)(C(=O)Nc1c(C(C)C)cccc1C(C)C)S(=O)O. The molecule has 1 rings (SSSR count). The van der Waals surface area contributed by atoms with Gasteiger partial charge >= 0.3 is 0 Å². The van der Waals surface area contributed by atoms with E-state index < -0.39 is 22.0 Å². The molecule has 0 fully saturated rings. The lowest BCUT2D eigenvalue weighted by atomic mass is 9.92. The van der Waals surface area contributed by atoms with Crippen molar-refractivity contribution in [3.8, 4) is 0 Å². The molecule has 0 aliphatic heterocycles. The quantitative estimate of drug-likeness (QED) is 0.713. The number of amides is 1. The van der Waals surface area contributed by atoms with Crippen molar-refractivity contribution < 1.29 is 17.9 Å². The van der Waals surface area contributed by atoms with Crippen LogP contribution in [0.5, 0.6) is 0 Å². The zero-order valence-corrected chi connectivity index (χ0v) is 15.2. The van der Waals surface area contributed by atoms with Gasteiger partial charge in [0.2, 0.25) is 11.1 Å². The fourth-order valence-corrected chi connectivity index (χ4v) is 3.09. The number of rotatable bonds is 7. The molecule has 0 aromatic heterocycles. The Labute approximate surface area is 140 Å². The molecule has 0 heterocycles. The van der Waals surface area contributed by atoms with Crippen molar-refractivity contribution in [1.82, 2.24) is 0 Å². The fraction of sp³-hybridized carbons (Fsp3) is 0.588. The molecule has 1 amide bonds. The first-order chi connectivity index (χ1) is 10.6. The molecule has 2 N–H and O–H groups in total. The van der Waals surface area contributed by atoms with Crippen LogP contribution in [0.1, 0.15) is 70.4 Å². The number of alkyl halides is 1. The predicted octanol–water partition coefficient (Wildman–Crippen LogP) is 4.56. The Kier molecular flexibility index (Phi) is 6.89. The summed E-state index contributed by atoms with van der Waals surface area (Å²) in [6.07, 6.45) is -0.0120. The first-order valence-corrected chi connectivity index (χ1v) is 8.99. The molecule has 4 nitrogen and oxygen atoms in total. The number of benzene rings is 1. The molecule has 0 aliphatic rings. The Bertz CT molecular complexity index is 563. The van der Waals surface area contributed by atoms with E-state index in [0.29, 0.717) is 12.1 Å². The monoisotopic (exact) mass is 343 g/mol. The Morgan fingerprint density at radius 3 is 2.09 bits per heavy atom. The first-order valence-electron chi connectivity index (χ1n) is 7.89. The van der Waals surface area contributed by atoms with Crippen molar-refractivity contribution in [2.24, 2.45) is 0 Å². The predicted molar refractivity (Wildman–Crippen MR) is 92.8 cm³/mol. The average molecular weight is 343 g/mol. The number of para-hydroxylation sites is 1. The van der Waals surface area contributed by atoms with Gasteiger partial charge in [-0.25, -0.2) is 8.60 Å². The number of halogens is 1. The molecule has 6 heteroatoms. The van der Waals surface area contributed by atoms with Crippen molar-refractivity contribution >= 4 is 22.7 Å². The lowest BCUT2D eigenvalue weighted by molar-refractivity contribution is -0.123. The van der Waals surface area contributed by atoms with Crippen molar-refractivity contribution in [2.45, 2.75) is 64.3 Å². The number of hydrogen-bond acceptors (Lipinski definition) is 2. The van der Waals surface area contributed by atoms with Gasteiger partial charge in [0, 0.05) is 12.1 Å². The highest BCUT2D eigenvalue weighted by molar-refractivity contribution is 7.81. The van der Waals surface area contributed by atoms with Crippen LogP contribution < -0.4 is 5.32 Å². The molecule has 1 aromatic carbocycles. The standard InChI is InChI=1S/C17H26FNO3S/c1-6-10-17(18,23(21)22)16(20)19-15-13(11(2)3)8-7-9-14(15)12(4)5/h7-9,11-12H,6,10H2,1-5H3,(H,19,20)(H,21,22). The van der Waals surface area contributed by atoms with Crippen molar-refractivity contribution in [1.29, 1.82) is 0 Å². The van der Waals surface area contributed by atoms with Crippen LogP contribution in [0.2, 0.25) is 0 Å². The summed E-state index contributed by atoms with van der Waals surface area (Å²) in [6.45, 7) is 9.58. The Morgan fingerprint density at radius 2 is 1.74 bits per heavy atom. The van der Waals surface area contributed by atoms with Gasteiger partial charge in [-0.3, -0.25) is 4.79 Å². The summed E-state index contributed by atoms with van der Waals surface area (Å²) in [7, 11) is 0. The van der Waals surface area contributed by atoms with Gasteiger partial charge in [0.05, 0.1) is 0 Å². The molecule has 0 radical (unpaired) electrons. The van der Waals surface area contributed by atoms with Crippen molar-refractivity contribution in [3.63, 3.8) is 0 Å². The van der Waals surface area contributed by atoms with E-state index in [1.54, 1.807) is 6.92 Å². The van der Waals surface area contributed by atoms with E-state index in [2.05, 4.69) is 5.32 Å². The summed E-state index contributed by atoms with van der Waals surface area (Å²) in [5, 5.41) is -0.217. The minimum Gasteiger partial charge on any atom is -0.322 e. The van der Waals surface area contributed by atoms with Crippen LogP contribution in [0.3, 0.4) is 0 Å². The Balaban J connectivity index is 3.31. The zero-order chi connectivity index (χ0) is 17.8. The van der Waals surface area contributed by atoms with E-state index in [-0.39, 0.29) is 18.3 Å². The maximum absolute atomic E-state index is 14.7. The number of hydrogen-bond donors (Lipinski definition) is 2. The van der Waals surface area contributed by atoms with Gasteiger partial charge < -0.3 is 9.87 Å². The number of carbonyl (C=O) groups is 1. The summed E-state index contributed by atoms with van der Waals surface area (Å²) < 4.78 is 35.3. The molecule has 0 spiro atoms. The van der Waals surface area contributed by atoms with Gasteiger partial charge in [-0.05, 0) is 23.0 Å². The molecular formula is C17H26FNO3S. The maximum Gasteiger partial charge on any atom is 0.287 e. The Morgan fingerprint density at radius 1 is 1.26 bits per heavy atom. The number of nitrogens with one attached hydrogen (secondary N) is 1. The summed E-state index contributed by atoms with van der Waals surface area (Å²) in [4.78, 5) is 12.4. The van der Waals surface area contributed by atoms with Crippen LogP contribution >= 0.6 is 0 Å². The van der Waals surface area contributed by atoms with E-state index in [9.17, 15) is 17.9 Å². The second-order valence-electron chi connectivity index (χ2n) is 6.30. The fourth-order valence-electron chi connectivity index (χ4n) is 2.50. The smallest absolute Gasteiger partial charge is 0.287 e. The first kappa shape index (κ1) is 19.8. The third-order valence-corrected chi connectivity index (χ3v) is 4.74. The molecule has 0 aliphatic carbocycles. The van der Waals surface area contributed by atoms with Crippen LogP contribution in [-0.4, -0.2) is 19.7 Å². The molecule has 130 valence electrons. The van der Waals surface area contributed by atoms with E-state index in [4.69, 9.17) is 0 Å². The summed E-state index contributed by atoms with van der Waals surface area (Å²) in [6, 6.07) is 5.66. The number of anilines is 1. The second kappa shape index (κ2) is 8.02. The molecule has 2 unspecified atom stereocenters. The summed E-state index contributed by atoms with van der Waals surface area (Å²) in [5.41, 5.74) is 2.31. The largest absolute Gasteiger partial charge is 0.322 e. The van der Waals surface area contributed by atoms with E-state index in [1.807, 2.05) is 45.9 Å². The van der Waals surface area contributed by atoms with Crippen LogP contribution in [0, 0.1) is 0 Å². The minimum absolute atomic E-state index is 0.129. The average Bonchev–Trinajstić information content (AvgIpc) is 2.46. The van der Waals surface area contributed by atoms with Crippen LogP contribution in [0.4, 0.5) is 10.1 Å². The molecule has 1 aromatic rings. The normalized spacial score (nSPS) is 15.5. The van der Waals surface area contributed by atoms with Gasteiger partial charge in [0.1, 0.15) is 0 Å². The Hall–Kier alpha value is -1.27. The molecule has 23 heavy (non-hydrogen) atoms. The highest BCUT2D eigenvalue weighted by Crippen LogP contribution is 2.34. The van der Waals surface area contributed by atoms with Crippen LogP contribution in [-0.2, 0) is 15.9 Å². The van der Waals surface area contributed by atoms with Crippen LogP contribution in [0.25, 0.3) is 0 Å². The van der Waals surface area contributed by atoms with Gasteiger partial charge in [-0.2, -0.15) is 0 Å². The number of carbonyl (C=O) groups excluding carboxylic acids is 1. The van der Waals surface area contributed by atoms with Gasteiger partial charge in [-0.1, -0.05) is 59.2 Å². The third-order valence-electron chi connectivity index (χ3n) is 3.80. The van der Waals surface area contributed by atoms with Crippen molar-refractivity contribution in [3.05, 3.63) is 29.3 Å². The lowest BCUT2D eigenvalue weighted by Crippen LogP contribution is -2.42. The summed E-state index contributed by atoms with van der Waals surface area (Å²) >= 11 is -2.89. The van der Waals surface area contributed by atoms with Crippen molar-refractivity contribution in [2.75, 3.05) is 5.32 Å². The van der Waals surface area contributed by atoms with E-state index in [1.165, 1.54) is 0 Å². The topological polar surface area (TPSA) is 66.4 Å². The second-order valence-corrected chi connectivity index (χ2v) is 7.45. The molecule has 2 atom stereocenters. The highest BCUT2D eigenvalue weighted by atomic mass is 32.2. The van der Waals surface area contributed by atoms with E-state index in [0.717, 1.165) is 11.1 Å². The minimum atomic E-state index is -2.89. The lowest BCUT2D eigenvalue weighted by Gasteiger charge is -2.24.